The van der Waals surface area contributed by atoms with Crippen LogP contribution in [0.1, 0.15) is 23.7 Å². The van der Waals surface area contributed by atoms with E-state index in [1.165, 1.54) is 0 Å². The number of amides is 2. The number of hydrogen-bond acceptors (Lipinski definition) is 5. The number of carbonyl (C=O) groups excluding carboxylic acids is 2. The third-order valence-corrected chi connectivity index (χ3v) is 4.08. The Hall–Kier alpha value is -3.22. The van der Waals surface area contributed by atoms with Gasteiger partial charge in [-0.05, 0) is 31.5 Å². The van der Waals surface area contributed by atoms with E-state index >= 15 is 0 Å². The molecule has 0 radical (unpaired) electrons. The highest BCUT2D eigenvalue weighted by Gasteiger charge is 2.18. The second-order valence-electron chi connectivity index (χ2n) is 6.11. The minimum Gasteiger partial charge on any atom is -0.491 e. The first-order valence-electron chi connectivity index (χ1n) is 8.51. The zero-order valence-electron chi connectivity index (χ0n) is 14.5. The summed E-state index contributed by atoms with van der Waals surface area (Å²) in [6.07, 6.45) is 0.848. The fourth-order valence-corrected chi connectivity index (χ4v) is 2.67. The third-order valence-electron chi connectivity index (χ3n) is 4.08. The molecule has 2 amide bonds. The Balaban J connectivity index is 1.93. The van der Waals surface area contributed by atoms with E-state index in [2.05, 4.69) is 16.0 Å². The number of primary amides is 1. The molecule has 1 heterocycles. The summed E-state index contributed by atoms with van der Waals surface area (Å²) in [6.45, 7) is 2.99. The number of hydrogen-bond donors (Lipinski definition) is 4. The summed E-state index contributed by atoms with van der Waals surface area (Å²) in [7, 11) is 0. The topological polar surface area (TPSA) is 105 Å². The lowest BCUT2D eigenvalue weighted by Crippen LogP contribution is -2.32. The normalized spacial score (nSPS) is 14.0. The van der Waals surface area contributed by atoms with Gasteiger partial charge in [-0.25, -0.2) is 0 Å². The first-order valence-corrected chi connectivity index (χ1v) is 8.51. The first-order chi connectivity index (χ1) is 12.5. The van der Waals surface area contributed by atoms with Gasteiger partial charge in [0.25, 0.3) is 5.91 Å². The molecule has 1 atom stereocenters. The van der Waals surface area contributed by atoms with Crippen molar-refractivity contribution in [2.24, 2.45) is 5.73 Å². The fourth-order valence-electron chi connectivity index (χ4n) is 2.67. The third kappa shape index (κ3) is 4.05. The Kier molecular flexibility index (Phi) is 5.26. The number of rotatable bonds is 5. The molecular weight excluding hydrogens is 332 g/mol. The van der Waals surface area contributed by atoms with Gasteiger partial charge >= 0.3 is 0 Å². The van der Waals surface area contributed by atoms with Gasteiger partial charge in [0.15, 0.2) is 0 Å². The van der Waals surface area contributed by atoms with Crippen molar-refractivity contribution >= 4 is 28.9 Å². The van der Waals surface area contributed by atoms with Crippen molar-refractivity contribution in [1.29, 1.82) is 0 Å². The molecule has 7 nitrogen and oxygen atoms in total. The van der Waals surface area contributed by atoms with Gasteiger partial charge in [-0.1, -0.05) is 18.2 Å². The molecule has 26 heavy (non-hydrogen) atoms. The van der Waals surface area contributed by atoms with Crippen LogP contribution in [0.2, 0.25) is 0 Å². The van der Waals surface area contributed by atoms with Crippen molar-refractivity contribution in [3.05, 3.63) is 48.0 Å². The molecule has 5 N–H and O–H groups in total. The highest BCUT2D eigenvalue weighted by Crippen LogP contribution is 2.38. The average molecular weight is 354 g/mol. The van der Waals surface area contributed by atoms with Crippen LogP contribution in [0, 0.1) is 0 Å². The summed E-state index contributed by atoms with van der Waals surface area (Å²) < 4.78 is 5.79. The SMILES string of the molecule is CC(Nc1cc(NC(=O)c2ccccc2)c2c(c1)OCCCN2)C(N)=O. The van der Waals surface area contributed by atoms with Crippen LogP contribution in [0.5, 0.6) is 5.75 Å². The second-order valence-corrected chi connectivity index (χ2v) is 6.11. The highest BCUT2D eigenvalue weighted by atomic mass is 16.5. The minimum absolute atomic E-state index is 0.223. The van der Waals surface area contributed by atoms with Crippen molar-refractivity contribution in [3.63, 3.8) is 0 Å². The summed E-state index contributed by atoms with van der Waals surface area (Å²) in [5.74, 6) is -0.0691. The monoisotopic (exact) mass is 354 g/mol. The molecule has 0 bridgehead atoms. The van der Waals surface area contributed by atoms with Gasteiger partial charge < -0.3 is 26.4 Å². The molecule has 0 fully saturated rings. The Morgan fingerprint density at radius 1 is 1.23 bits per heavy atom. The summed E-state index contributed by atoms with van der Waals surface area (Å²) in [4.78, 5) is 23.9. The summed E-state index contributed by atoms with van der Waals surface area (Å²) in [5, 5.41) is 9.25. The highest BCUT2D eigenvalue weighted by molar-refractivity contribution is 6.06. The standard InChI is InChI=1S/C19H22N4O3/c1-12(18(20)24)22-14-10-15(17-16(11-14)26-9-5-8-21-17)23-19(25)13-6-3-2-4-7-13/h2-4,6-7,10-12,21-22H,5,8-9H2,1H3,(H2,20,24)(H,23,25). The average Bonchev–Trinajstić information content (AvgIpc) is 2.88. The van der Waals surface area contributed by atoms with Crippen LogP contribution in [0.25, 0.3) is 0 Å². The smallest absolute Gasteiger partial charge is 0.255 e. The molecule has 0 saturated heterocycles. The van der Waals surface area contributed by atoms with Crippen molar-refractivity contribution in [2.75, 3.05) is 29.1 Å². The van der Waals surface area contributed by atoms with Gasteiger partial charge in [-0.15, -0.1) is 0 Å². The molecule has 7 heteroatoms. The molecule has 0 saturated carbocycles. The first kappa shape index (κ1) is 17.6. The summed E-state index contributed by atoms with van der Waals surface area (Å²) in [6, 6.07) is 12.0. The molecule has 136 valence electrons. The van der Waals surface area contributed by atoms with Crippen LogP contribution in [-0.2, 0) is 4.79 Å². The minimum atomic E-state index is -0.551. The Morgan fingerprint density at radius 2 is 2.00 bits per heavy atom. The molecule has 2 aromatic rings. The maximum absolute atomic E-state index is 12.6. The number of anilines is 3. The van der Waals surface area contributed by atoms with E-state index < -0.39 is 11.9 Å². The van der Waals surface area contributed by atoms with E-state index in [9.17, 15) is 9.59 Å². The number of nitrogens with two attached hydrogens (primary N) is 1. The van der Waals surface area contributed by atoms with Gasteiger partial charge in [0, 0.05) is 23.9 Å². The molecule has 2 aromatic carbocycles. The largest absolute Gasteiger partial charge is 0.491 e. The molecule has 0 aliphatic carbocycles. The van der Waals surface area contributed by atoms with Gasteiger partial charge in [0.1, 0.15) is 17.5 Å². The molecule has 0 spiro atoms. The van der Waals surface area contributed by atoms with Crippen molar-refractivity contribution in [1.82, 2.24) is 0 Å². The van der Waals surface area contributed by atoms with E-state index in [1.807, 2.05) is 18.2 Å². The van der Waals surface area contributed by atoms with Gasteiger partial charge in [-0.3, -0.25) is 9.59 Å². The Morgan fingerprint density at radius 3 is 2.73 bits per heavy atom. The van der Waals surface area contributed by atoms with E-state index in [1.54, 1.807) is 31.2 Å². The summed E-state index contributed by atoms with van der Waals surface area (Å²) in [5.41, 5.74) is 7.83. The number of benzene rings is 2. The molecule has 1 aliphatic rings. The lowest BCUT2D eigenvalue weighted by molar-refractivity contribution is -0.118. The van der Waals surface area contributed by atoms with E-state index in [0.29, 0.717) is 29.3 Å². The zero-order chi connectivity index (χ0) is 18.5. The van der Waals surface area contributed by atoms with E-state index in [4.69, 9.17) is 10.5 Å². The zero-order valence-corrected chi connectivity index (χ0v) is 14.5. The van der Waals surface area contributed by atoms with Crippen molar-refractivity contribution in [3.8, 4) is 5.75 Å². The molecule has 1 unspecified atom stereocenters. The molecule has 3 rings (SSSR count). The van der Waals surface area contributed by atoms with Crippen LogP contribution in [0.15, 0.2) is 42.5 Å². The van der Waals surface area contributed by atoms with Gasteiger partial charge in [0.05, 0.1) is 12.3 Å². The van der Waals surface area contributed by atoms with Crippen LogP contribution in [0.4, 0.5) is 17.1 Å². The molecular formula is C19H22N4O3. The predicted molar refractivity (Wildman–Crippen MR) is 102 cm³/mol. The molecule has 1 aliphatic heterocycles. The second kappa shape index (κ2) is 7.77. The lowest BCUT2D eigenvalue weighted by atomic mass is 10.1. The number of ether oxygens (including phenoxy) is 1. The van der Waals surface area contributed by atoms with Gasteiger partial charge in [0.2, 0.25) is 5.91 Å². The van der Waals surface area contributed by atoms with E-state index in [0.717, 1.165) is 18.7 Å². The Labute approximate surface area is 151 Å². The lowest BCUT2D eigenvalue weighted by Gasteiger charge is -2.19. The maximum atomic E-state index is 12.6. The van der Waals surface area contributed by atoms with E-state index in [-0.39, 0.29) is 5.91 Å². The Bertz CT molecular complexity index is 808. The quantitative estimate of drug-likeness (QED) is 0.660. The van der Waals surface area contributed by atoms with Crippen molar-refractivity contribution < 1.29 is 14.3 Å². The van der Waals surface area contributed by atoms with Gasteiger partial charge in [-0.2, -0.15) is 0 Å². The van der Waals surface area contributed by atoms with Crippen LogP contribution in [-0.4, -0.2) is 31.0 Å². The molecule has 0 aromatic heterocycles. The number of nitrogens with one attached hydrogen (secondary N) is 3. The number of carbonyl (C=O) groups is 2. The van der Waals surface area contributed by atoms with Crippen LogP contribution in [0.3, 0.4) is 0 Å². The fraction of sp³-hybridized carbons (Fsp3) is 0.263. The number of fused-ring (bicyclic) bond motifs is 1. The summed E-state index contributed by atoms with van der Waals surface area (Å²) >= 11 is 0. The predicted octanol–water partition coefficient (Wildman–Crippen LogP) is 2.42. The van der Waals surface area contributed by atoms with Crippen LogP contribution >= 0.6 is 0 Å². The van der Waals surface area contributed by atoms with Crippen LogP contribution < -0.4 is 26.4 Å². The van der Waals surface area contributed by atoms with Crippen molar-refractivity contribution in [2.45, 2.75) is 19.4 Å². The maximum Gasteiger partial charge on any atom is 0.255 e.